The molecule has 4 nitrogen and oxygen atoms in total. The Balaban J connectivity index is 2.70. The first-order chi connectivity index (χ1) is 10.0. The molecule has 1 rings (SSSR count). The fourth-order valence-corrected chi connectivity index (χ4v) is 2.38. The van der Waals surface area contributed by atoms with Crippen LogP contribution in [0.4, 0.5) is 0 Å². The summed E-state index contributed by atoms with van der Waals surface area (Å²) in [6.45, 7) is 4.71. The molecular formula is C17H27NO3. The number of ketones is 1. The minimum atomic E-state index is -1.07. The molecule has 0 atom stereocenters. The van der Waals surface area contributed by atoms with Crippen LogP contribution in [-0.2, 0) is 11.3 Å². The van der Waals surface area contributed by atoms with Crippen LogP contribution in [0.25, 0.3) is 0 Å². The molecule has 0 aliphatic carbocycles. The molecule has 0 unspecified atom stereocenters. The van der Waals surface area contributed by atoms with E-state index in [1.165, 1.54) is 0 Å². The number of aliphatic hydroxyl groups is 1. The standard InChI is InChI=1S/C17H27NO3/c1-3-9-17(20,10-4-2)21-13-14-6-5-7-15(12-14)16(19)8-11-18/h5-7,12,20H,3-4,8-11,13,18H2,1-2H3. The predicted molar refractivity (Wildman–Crippen MR) is 84.0 cm³/mol. The van der Waals surface area contributed by atoms with Gasteiger partial charge in [0.2, 0.25) is 0 Å². The summed E-state index contributed by atoms with van der Waals surface area (Å²) in [4.78, 5) is 11.8. The van der Waals surface area contributed by atoms with Gasteiger partial charge in [0, 0.05) is 24.8 Å². The van der Waals surface area contributed by atoms with Gasteiger partial charge < -0.3 is 15.6 Å². The van der Waals surface area contributed by atoms with Crippen LogP contribution >= 0.6 is 0 Å². The number of Topliss-reactive ketones (excluding diaryl/α,β-unsaturated/α-hetero) is 1. The van der Waals surface area contributed by atoms with Gasteiger partial charge in [-0.25, -0.2) is 0 Å². The van der Waals surface area contributed by atoms with Gasteiger partial charge in [0.05, 0.1) is 6.61 Å². The van der Waals surface area contributed by atoms with Gasteiger partial charge in [-0.15, -0.1) is 0 Å². The van der Waals surface area contributed by atoms with Gasteiger partial charge in [0.1, 0.15) is 0 Å². The Bertz CT molecular complexity index is 439. The first kappa shape index (κ1) is 17.8. The van der Waals surface area contributed by atoms with Crippen molar-refractivity contribution >= 4 is 5.78 Å². The summed E-state index contributed by atoms with van der Waals surface area (Å²) in [6.07, 6.45) is 3.32. The van der Waals surface area contributed by atoms with Gasteiger partial charge >= 0.3 is 0 Å². The molecule has 4 heteroatoms. The summed E-state index contributed by atoms with van der Waals surface area (Å²) >= 11 is 0. The molecular weight excluding hydrogens is 266 g/mol. The minimum absolute atomic E-state index is 0.0386. The summed E-state index contributed by atoms with van der Waals surface area (Å²) in [5.41, 5.74) is 6.95. The van der Waals surface area contributed by atoms with Gasteiger partial charge in [-0.2, -0.15) is 0 Å². The number of benzene rings is 1. The van der Waals surface area contributed by atoms with Crippen molar-refractivity contribution in [2.75, 3.05) is 6.54 Å². The second-order valence-corrected chi connectivity index (χ2v) is 5.40. The molecule has 0 saturated heterocycles. The highest BCUT2D eigenvalue weighted by Crippen LogP contribution is 2.23. The first-order valence-electron chi connectivity index (χ1n) is 7.73. The molecule has 0 spiro atoms. The lowest BCUT2D eigenvalue weighted by Crippen LogP contribution is -2.31. The third-order valence-corrected chi connectivity index (χ3v) is 3.41. The van der Waals surface area contributed by atoms with Crippen LogP contribution in [0.5, 0.6) is 0 Å². The minimum Gasteiger partial charge on any atom is -0.365 e. The van der Waals surface area contributed by atoms with Crippen LogP contribution in [0.1, 0.15) is 61.9 Å². The third-order valence-electron chi connectivity index (χ3n) is 3.41. The number of carbonyl (C=O) groups excluding carboxylic acids is 1. The van der Waals surface area contributed by atoms with Crippen molar-refractivity contribution in [2.45, 2.75) is 58.3 Å². The van der Waals surface area contributed by atoms with E-state index in [2.05, 4.69) is 0 Å². The van der Waals surface area contributed by atoms with Crippen LogP contribution in [0.15, 0.2) is 24.3 Å². The summed E-state index contributed by atoms with van der Waals surface area (Å²) in [7, 11) is 0. The highest BCUT2D eigenvalue weighted by atomic mass is 16.6. The van der Waals surface area contributed by atoms with E-state index in [4.69, 9.17) is 10.5 Å². The SMILES string of the molecule is CCCC(O)(CCC)OCc1cccc(C(=O)CCN)c1. The number of ether oxygens (including phenoxy) is 1. The fraction of sp³-hybridized carbons (Fsp3) is 0.588. The molecule has 1 aromatic rings. The number of nitrogens with two attached hydrogens (primary N) is 1. The van der Waals surface area contributed by atoms with Crippen molar-refractivity contribution in [1.29, 1.82) is 0 Å². The average molecular weight is 293 g/mol. The molecule has 0 heterocycles. The Kier molecular flexibility index (Phi) is 7.57. The van der Waals surface area contributed by atoms with E-state index in [0.29, 0.717) is 38.0 Å². The van der Waals surface area contributed by atoms with Crippen molar-refractivity contribution in [3.63, 3.8) is 0 Å². The smallest absolute Gasteiger partial charge is 0.165 e. The maximum Gasteiger partial charge on any atom is 0.165 e. The Morgan fingerprint density at radius 2 is 1.95 bits per heavy atom. The van der Waals surface area contributed by atoms with E-state index in [1.54, 1.807) is 6.07 Å². The lowest BCUT2D eigenvalue weighted by molar-refractivity contribution is -0.219. The summed E-state index contributed by atoms with van der Waals surface area (Å²) in [5.74, 6) is -1.03. The second-order valence-electron chi connectivity index (χ2n) is 5.40. The summed E-state index contributed by atoms with van der Waals surface area (Å²) in [6, 6.07) is 7.33. The lowest BCUT2D eigenvalue weighted by Gasteiger charge is -2.27. The topological polar surface area (TPSA) is 72.5 Å². The quantitative estimate of drug-likeness (QED) is 0.514. The highest BCUT2D eigenvalue weighted by molar-refractivity contribution is 5.96. The van der Waals surface area contributed by atoms with Gasteiger partial charge in [-0.05, 0) is 18.2 Å². The number of carbonyl (C=O) groups is 1. The zero-order chi connectivity index (χ0) is 15.7. The van der Waals surface area contributed by atoms with Gasteiger partial charge in [0.25, 0.3) is 0 Å². The molecule has 3 N–H and O–H groups in total. The Morgan fingerprint density at radius 3 is 2.52 bits per heavy atom. The van der Waals surface area contributed by atoms with Gasteiger partial charge in [0.15, 0.2) is 11.6 Å². The second kappa shape index (κ2) is 8.93. The van der Waals surface area contributed by atoms with E-state index in [0.717, 1.165) is 18.4 Å². The van der Waals surface area contributed by atoms with Crippen LogP contribution in [-0.4, -0.2) is 23.2 Å². The Labute approximate surface area is 127 Å². The van der Waals surface area contributed by atoms with Crippen molar-refractivity contribution in [3.05, 3.63) is 35.4 Å². The number of hydrogen-bond acceptors (Lipinski definition) is 4. The fourth-order valence-electron chi connectivity index (χ4n) is 2.38. The first-order valence-corrected chi connectivity index (χ1v) is 7.73. The van der Waals surface area contributed by atoms with Gasteiger partial charge in [-0.1, -0.05) is 44.9 Å². The molecule has 0 radical (unpaired) electrons. The molecule has 0 saturated carbocycles. The van der Waals surface area contributed by atoms with Crippen molar-refractivity contribution in [3.8, 4) is 0 Å². The van der Waals surface area contributed by atoms with Crippen LogP contribution in [0.2, 0.25) is 0 Å². The monoisotopic (exact) mass is 293 g/mol. The molecule has 21 heavy (non-hydrogen) atoms. The maximum absolute atomic E-state index is 11.8. The van der Waals surface area contributed by atoms with E-state index in [-0.39, 0.29) is 5.78 Å². The van der Waals surface area contributed by atoms with E-state index >= 15 is 0 Å². The zero-order valence-corrected chi connectivity index (χ0v) is 13.1. The molecule has 0 aliphatic heterocycles. The molecule has 0 amide bonds. The molecule has 0 fully saturated rings. The molecule has 0 bridgehead atoms. The summed E-state index contributed by atoms with van der Waals surface area (Å²) in [5, 5.41) is 10.4. The Morgan fingerprint density at radius 1 is 1.29 bits per heavy atom. The Hall–Kier alpha value is -1.23. The van der Waals surface area contributed by atoms with Crippen LogP contribution in [0.3, 0.4) is 0 Å². The van der Waals surface area contributed by atoms with Gasteiger partial charge in [-0.3, -0.25) is 4.79 Å². The van der Waals surface area contributed by atoms with E-state index < -0.39 is 5.79 Å². The third kappa shape index (κ3) is 5.96. The van der Waals surface area contributed by atoms with Crippen LogP contribution in [0, 0.1) is 0 Å². The highest BCUT2D eigenvalue weighted by Gasteiger charge is 2.25. The normalized spacial score (nSPS) is 11.6. The lowest BCUT2D eigenvalue weighted by atomic mass is 10.0. The average Bonchev–Trinajstić information content (AvgIpc) is 2.46. The largest absolute Gasteiger partial charge is 0.365 e. The van der Waals surface area contributed by atoms with Crippen LogP contribution < -0.4 is 5.73 Å². The van der Waals surface area contributed by atoms with E-state index in [9.17, 15) is 9.90 Å². The maximum atomic E-state index is 11.8. The summed E-state index contributed by atoms with van der Waals surface area (Å²) < 4.78 is 5.71. The van der Waals surface area contributed by atoms with Crippen molar-refractivity contribution < 1.29 is 14.6 Å². The number of rotatable bonds is 10. The number of hydrogen-bond donors (Lipinski definition) is 2. The predicted octanol–water partition coefficient (Wildman–Crippen LogP) is 3.02. The molecule has 1 aromatic carbocycles. The molecule has 0 aliphatic rings. The zero-order valence-electron chi connectivity index (χ0n) is 13.1. The van der Waals surface area contributed by atoms with Crippen molar-refractivity contribution in [2.24, 2.45) is 5.73 Å². The van der Waals surface area contributed by atoms with Crippen molar-refractivity contribution in [1.82, 2.24) is 0 Å². The molecule has 0 aromatic heterocycles. The molecule has 118 valence electrons. The van der Waals surface area contributed by atoms with E-state index in [1.807, 2.05) is 32.0 Å².